The van der Waals surface area contributed by atoms with E-state index in [1.807, 2.05) is 0 Å². The van der Waals surface area contributed by atoms with Crippen LogP contribution in [-0.4, -0.2) is 20.5 Å². The van der Waals surface area contributed by atoms with Crippen LogP contribution in [0.2, 0.25) is 0 Å². The zero-order valence-electron chi connectivity index (χ0n) is 12.3. The van der Waals surface area contributed by atoms with Gasteiger partial charge in [0.2, 0.25) is 0 Å². The van der Waals surface area contributed by atoms with Crippen LogP contribution in [0.4, 0.5) is 39.5 Å². The lowest BCUT2D eigenvalue weighted by Gasteiger charge is -2.13. The fourth-order valence-corrected chi connectivity index (χ4v) is 2.04. The van der Waals surface area contributed by atoms with E-state index >= 15 is 0 Å². The average Bonchev–Trinajstić information content (AvgIpc) is 2.43. The van der Waals surface area contributed by atoms with Crippen molar-refractivity contribution in [2.75, 3.05) is 6.61 Å². The molecule has 0 unspecified atom stereocenters. The highest BCUT2D eigenvalue weighted by molar-refractivity contribution is 7.87. The second-order valence-electron chi connectivity index (χ2n) is 4.75. The Balaban J connectivity index is 2.91. The summed E-state index contributed by atoms with van der Waals surface area (Å²) in [6.45, 7) is -0.997. The lowest BCUT2D eigenvalue weighted by Crippen LogP contribution is -2.25. The molecule has 0 saturated carbocycles. The molecule has 0 saturated heterocycles. The smallest absolute Gasteiger partial charge is 0.263 e. The van der Waals surface area contributed by atoms with Gasteiger partial charge in [-0.1, -0.05) is 12.2 Å². The summed E-state index contributed by atoms with van der Waals surface area (Å²) >= 11 is 0. The van der Waals surface area contributed by atoms with Crippen molar-refractivity contribution in [3.63, 3.8) is 0 Å². The highest BCUT2D eigenvalue weighted by Crippen LogP contribution is 2.36. The third-order valence-corrected chi connectivity index (χ3v) is 3.77. The minimum Gasteiger partial charge on any atom is -0.263 e. The number of hydrogen-bond donors (Lipinski definition) is 0. The molecule has 26 heavy (non-hydrogen) atoms. The summed E-state index contributed by atoms with van der Waals surface area (Å²) in [4.78, 5) is 0. The normalized spacial score (nSPS) is 14.2. The van der Waals surface area contributed by atoms with Crippen LogP contribution in [0, 0.1) is 0 Å². The van der Waals surface area contributed by atoms with E-state index in [9.17, 15) is 47.9 Å². The van der Waals surface area contributed by atoms with E-state index in [-0.39, 0.29) is 6.07 Å². The summed E-state index contributed by atoms with van der Waals surface area (Å²) in [7, 11) is -5.83. The predicted molar refractivity (Wildman–Crippen MR) is 71.0 cm³/mol. The van der Waals surface area contributed by atoms with E-state index in [0.717, 1.165) is 12.2 Å². The summed E-state index contributed by atoms with van der Waals surface area (Å²) in [5.74, 6) is 0. The highest BCUT2D eigenvalue weighted by Gasteiger charge is 2.47. The Morgan fingerprint density at radius 3 is 1.69 bits per heavy atom. The lowest BCUT2D eigenvalue weighted by molar-refractivity contribution is -0.143. The number of hydrogen-bond acceptors (Lipinski definition) is 3. The molecule has 0 fully saturated rings. The van der Waals surface area contributed by atoms with Gasteiger partial charge in [0.05, 0.1) is 17.7 Å². The number of alkyl halides is 9. The van der Waals surface area contributed by atoms with Crippen molar-refractivity contribution in [1.82, 2.24) is 0 Å². The van der Waals surface area contributed by atoms with Crippen molar-refractivity contribution in [1.29, 1.82) is 0 Å². The predicted octanol–water partition coefficient (Wildman–Crippen LogP) is 4.99. The molecule has 0 bridgehead atoms. The Morgan fingerprint density at radius 2 is 1.31 bits per heavy atom. The third-order valence-electron chi connectivity index (χ3n) is 2.73. The van der Waals surface area contributed by atoms with E-state index < -0.39 is 57.7 Å². The van der Waals surface area contributed by atoms with Crippen LogP contribution in [0.5, 0.6) is 0 Å². The van der Waals surface area contributed by atoms with Crippen molar-refractivity contribution in [3.8, 4) is 0 Å². The van der Waals surface area contributed by atoms with E-state index in [1.54, 1.807) is 0 Å². The van der Waals surface area contributed by atoms with Gasteiger partial charge >= 0.3 is 28.0 Å². The Labute approximate surface area is 141 Å². The number of rotatable bonds is 5. The molecule has 0 aliphatic carbocycles. The molecule has 1 rings (SSSR count). The lowest BCUT2D eigenvalue weighted by atomic mass is 10.0. The number of benzene rings is 1. The fourth-order valence-electron chi connectivity index (χ4n) is 1.59. The van der Waals surface area contributed by atoms with Crippen LogP contribution in [0.1, 0.15) is 23.1 Å². The van der Waals surface area contributed by atoms with Crippen molar-refractivity contribution >= 4 is 16.2 Å². The molecule has 1 aromatic rings. The Morgan fingerprint density at radius 1 is 0.846 bits per heavy atom. The van der Waals surface area contributed by atoms with E-state index in [2.05, 4.69) is 4.18 Å². The zero-order chi connectivity index (χ0) is 20.4. The fraction of sp³-hybridized carbons (Fsp3) is 0.385. The van der Waals surface area contributed by atoms with Gasteiger partial charge in [0.15, 0.2) is 0 Å². The molecular formula is C13H9F9O3S. The van der Waals surface area contributed by atoms with Crippen LogP contribution in [0.3, 0.4) is 0 Å². The summed E-state index contributed by atoms with van der Waals surface area (Å²) in [5, 5.41) is 0. The van der Waals surface area contributed by atoms with Gasteiger partial charge in [-0.2, -0.15) is 47.9 Å². The molecule has 0 aliphatic heterocycles. The summed E-state index contributed by atoms with van der Waals surface area (Å²) in [6.07, 6.45) is -8.95. The third kappa shape index (κ3) is 6.20. The maximum Gasteiger partial charge on any atom is 0.523 e. The molecular weight excluding hydrogens is 407 g/mol. The summed E-state index contributed by atoms with van der Waals surface area (Å²) in [5.41, 5.74) is -9.30. The minimum atomic E-state index is -5.83. The molecule has 0 aromatic heterocycles. The molecule has 0 radical (unpaired) electrons. The van der Waals surface area contributed by atoms with Crippen molar-refractivity contribution in [2.24, 2.45) is 0 Å². The Bertz CT molecular complexity index is 726. The molecule has 1 aromatic carbocycles. The first-order valence-corrected chi connectivity index (χ1v) is 7.86. The molecule has 3 nitrogen and oxygen atoms in total. The first-order chi connectivity index (χ1) is 11.5. The average molecular weight is 416 g/mol. The topological polar surface area (TPSA) is 43.4 Å². The van der Waals surface area contributed by atoms with Gasteiger partial charge in [0.1, 0.15) is 0 Å². The molecule has 148 valence electrons. The van der Waals surface area contributed by atoms with Gasteiger partial charge < -0.3 is 0 Å². The second kappa shape index (κ2) is 7.47. The highest BCUT2D eigenvalue weighted by atomic mass is 32.2. The van der Waals surface area contributed by atoms with Crippen LogP contribution in [0.25, 0.3) is 6.08 Å². The Kier molecular flexibility index (Phi) is 6.40. The maximum atomic E-state index is 12.6. The van der Waals surface area contributed by atoms with Crippen molar-refractivity contribution in [2.45, 2.75) is 24.3 Å². The molecule has 13 heteroatoms. The standard InChI is InChI=1S/C13H9F9O3S/c14-11(15,16)9-5-8(6-10(7-9)12(17,18)19)3-1-2-4-25-26(23,24)13(20,21)22/h1,3,5-7H,2,4H2. The van der Waals surface area contributed by atoms with Crippen LogP contribution >= 0.6 is 0 Å². The largest absolute Gasteiger partial charge is 0.523 e. The summed E-state index contributed by atoms with van der Waals surface area (Å²) < 4.78 is 137. The van der Waals surface area contributed by atoms with Gasteiger partial charge in [-0.15, -0.1) is 0 Å². The first-order valence-electron chi connectivity index (χ1n) is 6.46. The molecule has 0 spiro atoms. The Hall–Kier alpha value is -1.76. The van der Waals surface area contributed by atoms with Gasteiger partial charge in [-0.05, 0) is 30.2 Å². The van der Waals surface area contributed by atoms with Gasteiger partial charge in [0.25, 0.3) is 0 Å². The maximum absolute atomic E-state index is 12.6. The van der Waals surface area contributed by atoms with Crippen LogP contribution < -0.4 is 0 Å². The van der Waals surface area contributed by atoms with Crippen molar-refractivity contribution < 1.29 is 52.1 Å². The van der Waals surface area contributed by atoms with Crippen LogP contribution in [-0.2, 0) is 26.7 Å². The second-order valence-corrected chi connectivity index (χ2v) is 6.36. The zero-order valence-corrected chi connectivity index (χ0v) is 13.2. The molecule has 0 atom stereocenters. The van der Waals surface area contributed by atoms with Gasteiger partial charge in [-0.25, -0.2) is 0 Å². The van der Waals surface area contributed by atoms with E-state index in [1.165, 1.54) is 0 Å². The molecule has 0 N–H and O–H groups in total. The molecule has 0 aliphatic rings. The molecule has 0 amide bonds. The SMILES string of the molecule is O=S(=O)(OCCC=Cc1cc(C(F)(F)F)cc(C(F)(F)F)c1)C(F)(F)F. The molecule has 0 heterocycles. The first kappa shape index (κ1) is 22.3. The minimum absolute atomic E-state index is 0.0869. The quantitative estimate of drug-likeness (QED) is 0.294. The van der Waals surface area contributed by atoms with E-state index in [4.69, 9.17) is 0 Å². The monoisotopic (exact) mass is 416 g/mol. The number of halogens is 9. The summed E-state index contributed by atoms with van der Waals surface area (Å²) in [6, 6.07) is 0.717. The van der Waals surface area contributed by atoms with Gasteiger partial charge in [-0.3, -0.25) is 4.18 Å². The van der Waals surface area contributed by atoms with Gasteiger partial charge in [0, 0.05) is 0 Å². The van der Waals surface area contributed by atoms with Crippen LogP contribution in [0.15, 0.2) is 24.3 Å². The van der Waals surface area contributed by atoms with E-state index in [0.29, 0.717) is 12.1 Å². The van der Waals surface area contributed by atoms with Crippen molar-refractivity contribution in [3.05, 3.63) is 41.0 Å².